The second-order valence-electron chi connectivity index (χ2n) is 6.58. The van der Waals surface area contributed by atoms with Crippen molar-refractivity contribution in [2.45, 2.75) is 4.90 Å². The molecule has 0 saturated carbocycles. The molecule has 0 radical (unpaired) electrons. The first-order valence-corrected chi connectivity index (χ1v) is 10.3. The van der Waals surface area contributed by atoms with E-state index in [-0.39, 0.29) is 5.69 Å². The van der Waals surface area contributed by atoms with Gasteiger partial charge in [0, 0.05) is 24.5 Å². The quantitative estimate of drug-likeness (QED) is 0.356. The fraction of sp³-hybridized carbons (Fsp3) is 0.0526. The minimum absolute atomic E-state index is 0.203. The predicted octanol–water partition coefficient (Wildman–Crippen LogP) is 7.04. The Morgan fingerprint density at radius 2 is 1.62 bits per heavy atom. The molecule has 0 saturated heterocycles. The number of aromatic nitrogens is 3. The van der Waals surface area contributed by atoms with Gasteiger partial charge in [-0.3, -0.25) is 0 Å². The molecule has 0 aliphatic rings. The summed E-state index contributed by atoms with van der Waals surface area (Å²) in [5.74, 6) is 0.378. The van der Waals surface area contributed by atoms with Crippen LogP contribution in [0.4, 0.5) is 30.9 Å². The lowest BCUT2D eigenvalue weighted by Gasteiger charge is -2.40. The molecule has 0 bridgehead atoms. The Morgan fingerprint density at radius 1 is 0.897 bits per heavy atom. The molecule has 29 heavy (non-hydrogen) atoms. The molecule has 10 heteroatoms. The third-order valence-corrected chi connectivity index (χ3v) is 5.57. The summed E-state index contributed by atoms with van der Waals surface area (Å²) in [5, 5.41) is 2.89. The van der Waals surface area contributed by atoms with Gasteiger partial charge in [0.1, 0.15) is 10.7 Å². The Bertz CT molecular complexity index is 1220. The van der Waals surface area contributed by atoms with Crippen molar-refractivity contribution < 1.29 is 19.4 Å². The zero-order chi connectivity index (χ0) is 20.9. The highest BCUT2D eigenvalue weighted by Crippen LogP contribution is 3.02. The van der Waals surface area contributed by atoms with Crippen LogP contribution in [0.25, 0.3) is 22.2 Å². The van der Waals surface area contributed by atoms with Crippen LogP contribution in [0.1, 0.15) is 0 Å². The molecule has 2 aromatic carbocycles. The predicted molar refractivity (Wildman–Crippen MR) is 105 cm³/mol. The number of hydrogen-bond acceptors (Lipinski definition) is 3. The van der Waals surface area contributed by atoms with Gasteiger partial charge < -0.3 is 9.88 Å². The summed E-state index contributed by atoms with van der Waals surface area (Å²) in [4.78, 5) is 6.61. The number of anilines is 2. The first-order valence-electron chi connectivity index (χ1n) is 8.38. The van der Waals surface area contributed by atoms with Gasteiger partial charge in [-0.25, -0.2) is 9.97 Å². The highest BCUT2D eigenvalue weighted by atomic mass is 32.5. The van der Waals surface area contributed by atoms with Crippen LogP contribution in [0.5, 0.6) is 0 Å². The van der Waals surface area contributed by atoms with Gasteiger partial charge in [0.15, 0.2) is 0 Å². The molecule has 0 aliphatic heterocycles. The Labute approximate surface area is 162 Å². The maximum Gasteiger partial charge on any atom is 0.310 e. The largest absolute Gasteiger partial charge is 0.340 e. The van der Waals surface area contributed by atoms with Crippen LogP contribution in [-0.2, 0) is 7.05 Å². The van der Waals surface area contributed by atoms with Gasteiger partial charge in [0.2, 0.25) is 0 Å². The van der Waals surface area contributed by atoms with Crippen molar-refractivity contribution >= 4 is 32.8 Å². The van der Waals surface area contributed by atoms with Gasteiger partial charge in [-0.05, 0) is 54.1 Å². The fourth-order valence-corrected chi connectivity index (χ4v) is 3.62. The van der Waals surface area contributed by atoms with Crippen LogP contribution in [0.3, 0.4) is 0 Å². The lowest BCUT2D eigenvalue weighted by atomic mass is 10.1. The number of pyridine rings is 1. The topological polar surface area (TPSA) is 42.7 Å². The van der Waals surface area contributed by atoms with E-state index in [1.165, 1.54) is 6.20 Å². The molecule has 2 heterocycles. The number of aryl methyl sites for hydroxylation is 1. The molecular weight excluding hydrogens is 411 g/mol. The highest BCUT2D eigenvalue weighted by molar-refractivity contribution is 8.45. The summed E-state index contributed by atoms with van der Waals surface area (Å²) in [6, 6.07) is 11.8. The molecule has 4 rings (SSSR count). The maximum atomic E-state index is 12.9. The summed E-state index contributed by atoms with van der Waals surface area (Å²) in [6.45, 7) is 0. The normalized spacial score (nSPS) is 14.4. The van der Waals surface area contributed by atoms with E-state index in [9.17, 15) is 19.4 Å². The number of halogens is 5. The molecular formula is C19H15F5N4S. The third kappa shape index (κ3) is 3.88. The first kappa shape index (κ1) is 19.2. The van der Waals surface area contributed by atoms with Crippen LogP contribution in [0.2, 0.25) is 0 Å². The van der Waals surface area contributed by atoms with E-state index < -0.39 is 15.1 Å². The van der Waals surface area contributed by atoms with Gasteiger partial charge in [-0.2, -0.15) is 0 Å². The first-order chi connectivity index (χ1) is 13.4. The zero-order valence-electron chi connectivity index (χ0n) is 15.0. The second-order valence-corrected chi connectivity index (χ2v) is 8.99. The van der Waals surface area contributed by atoms with Crippen molar-refractivity contribution in [1.82, 2.24) is 14.5 Å². The Morgan fingerprint density at radius 3 is 2.31 bits per heavy atom. The third-order valence-electron chi connectivity index (χ3n) is 4.41. The molecule has 2 aromatic heterocycles. The molecule has 4 nitrogen and oxygen atoms in total. The SMILES string of the molecule is Cn1cnc2cc(-c3cccnc3Nc3ccc(S(F)(F)(F)(F)F)cc3)ccc21. The zero-order valence-corrected chi connectivity index (χ0v) is 15.8. The molecule has 152 valence electrons. The monoisotopic (exact) mass is 426 g/mol. The number of nitrogens with zero attached hydrogens (tertiary/aromatic N) is 3. The van der Waals surface area contributed by atoms with E-state index in [1.807, 2.05) is 29.8 Å². The number of rotatable bonds is 4. The summed E-state index contributed by atoms with van der Waals surface area (Å²) in [5.41, 5.74) is 3.42. The second kappa shape index (κ2) is 5.69. The minimum atomic E-state index is -9.70. The van der Waals surface area contributed by atoms with Crippen molar-refractivity contribution in [1.29, 1.82) is 0 Å². The van der Waals surface area contributed by atoms with E-state index in [4.69, 9.17) is 0 Å². The van der Waals surface area contributed by atoms with Gasteiger partial charge in [0.05, 0.1) is 17.4 Å². The van der Waals surface area contributed by atoms with Crippen LogP contribution in [0, 0.1) is 0 Å². The van der Waals surface area contributed by atoms with Crippen molar-refractivity contribution in [2.75, 3.05) is 5.32 Å². The Hall–Kier alpha value is -3.14. The average molecular weight is 426 g/mol. The maximum absolute atomic E-state index is 12.9. The summed E-state index contributed by atoms with van der Waals surface area (Å²) < 4.78 is 66.3. The summed E-state index contributed by atoms with van der Waals surface area (Å²) in [6.07, 6.45) is 3.21. The van der Waals surface area contributed by atoms with Crippen molar-refractivity contribution in [2.24, 2.45) is 7.05 Å². The van der Waals surface area contributed by atoms with Crippen molar-refractivity contribution in [3.8, 4) is 11.1 Å². The number of hydrogen-bond donors (Lipinski definition) is 1. The van der Waals surface area contributed by atoms with Crippen LogP contribution >= 0.6 is 10.2 Å². The standard InChI is InChI=1S/C19H15F5N4S/c1-28-12-26-17-11-13(4-9-18(17)28)16-3-2-10-25-19(16)27-14-5-7-15(8-6-14)29(20,21,22,23)24/h2-12H,1H3,(H,25,27). The number of nitrogens with one attached hydrogen (secondary N) is 1. The number of benzene rings is 2. The molecule has 0 atom stereocenters. The van der Waals surface area contributed by atoms with Crippen molar-refractivity contribution in [3.05, 3.63) is 67.1 Å². The van der Waals surface area contributed by atoms with Gasteiger partial charge >= 0.3 is 10.2 Å². The number of imidazole rings is 1. The Balaban J connectivity index is 1.69. The van der Waals surface area contributed by atoms with Crippen LogP contribution in [-0.4, -0.2) is 14.5 Å². The number of fused-ring (bicyclic) bond motifs is 1. The molecule has 0 spiro atoms. The summed E-state index contributed by atoms with van der Waals surface area (Å²) in [7, 11) is -7.82. The van der Waals surface area contributed by atoms with Crippen LogP contribution in [0.15, 0.2) is 72.0 Å². The molecule has 0 aliphatic carbocycles. The average Bonchev–Trinajstić information content (AvgIpc) is 3.01. The van der Waals surface area contributed by atoms with Gasteiger partial charge in [-0.15, -0.1) is 0 Å². The minimum Gasteiger partial charge on any atom is -0.340 e. The molecule has 1 N–H and O–H groups in total. The highest BCUT2D eigenvalue weighted by Gasteiger charge is 2.65. The lowest BCUT2D eigenvalue weighted by molar-refractivity contribution is 0.364. The van der Waals surface area contributed by atoms with Crippen LogP contribution < -0.4 is 5.32 Å². The Kier molecular flexibility index (Phi) is 3.77. The van der Waals surface area contributed by atoms with E-state index in [2.05, 4.69) is 15.3 Å². The van der Waals surface area contributed by atoms with E-state index in [1.54, 1.807) is 18.5 Å². The van der Waals surface area contributed by atoms with Gasteiger partial charge in [-0.1, -0.05) is 25.5 Å². The molecule has 0 unspecified atom stereocenters. The van der Waals surface area contributed by atoms with Crippen molar-refractivity contribution in [3.63, 3.8) is 0 Å². The smallest absolute Gasteiger partial charge is 0.310 e. The fourth-order valence-electron chi connectivity index (χ4n) is 2.97. The molecule has 0 amide bonds. The molecule has 4 aromatic rings. The summed E-state index contributed by atoms with van der Waals surface area (Å²) >= 11 is 0. The van der Waals surface area contributed by atoms with E-state index >= 15 is 0 Å². The lowest BCUT2D eigenvalue weighted by Crippen LogP contribution is -2.06. The van der Waals surface area contributed by atoms with Gasteiger partial charge in [0.25, 0.3) is 0 Å². The van der Waals surface area contributed by atoms with E-state index in [0.717, 1.165) is 28.7 Å². The molecule has 0 fully saturated rings. The van der Waals surface area contributed by atoms with E-state index in [0.29, 0.717) is 23.5 Å².